The van der Waals surface area contributed by atoms with Crippen LogP contribution in [0, 0.1) is 0 Å². The lowest BCUT2D eigenvalue weighted by molar-refractivity contribution is -0.136. The van der Waals surface area contributed by atoms with Gasteiger partial charge in [-0.25, -0.2) is 5.43 Å². The van der Waals surface area contributed by atoms with Crippen molar-refractivity contribution in [2.75, 3.05) is 38.5 Å². The predicted molar refractivity (Wildman–Crippen MR) is 112 cm³/mol. The molecule has 2 amide bonds. The highest BCUT2D eigenvalue weighted by atomic mass is 35.5. The van der Waals surface area contributed by atoms with Crippen molar-refractivity contribution in [1.29, 1.82) is 0 Å². The van der Waals surface area contributed by atoms with E-state index in [0.717, 1.165) is 11.3 Å². The Bertz CT molecular complexity index is 838. The average molecular weight is 407 g/mol. The summed E-state index contributed by atoms with van der Waals surface area (Å²) in [4.78, 5) is 25.9. The van der Waals surface area contributed by atoms with Gasteiger partial charge in [0.15, 0.2) is 0 Å². The van der Waals surface area contributed by atoms with Crippen LogP contribution in [0.5, 0.6) is 11.5 Å². The minimum Gasteiger partial charge on any atom is -0.497 e. The van der Waals surface area contributed by atoms with Crippen molar-refractivity contribution >= 4 is 41.8 Å². The van der Waals surface area contributed by atoms with Gasteiger partial charge in [-0.3, -0.25) is 9.59 Å². The topological polar surface area (TPSA) is 92.3 Å². The van der Waals surface area contributed by atoms with Crippen LogP contribution in [0.2, 0.25) is 0 Å². The molecule has 2 N–H and O–H groups in total. The lowest BCUT2D eigenvalue weighted by Gasteiger charge is -2.11. The van der Waals surface area contributed by atoms with Gasteiger partial charge in [0, 0.05) is 25.8 Å². The third-order valence-electron chi connectivity index (χ3n) is 3.65. The quantitative estimate of drug-likeness (QED) is 0.436. The van der Waals surface area contributed by atoms with Crippen molar-refractivity contribution in [2.24, 2.45) is 5.10 Å². The van der Waals surface area contributed by atoms with E-state index in [4.69, 9.17) is 9.47 Å². The molecule has 150 valence electrons. The standard InChI is InChI=1S/C19H22N4O4.ClH/c1-23(2)14-7-5-13(6-8-14)12-20-22-19(25)18(24)21-16-10-9-15(26-3)11-17(16)27-4;/h5-12H,1-4H3,(H,21,24)(H,22,25);1H. The van der Waals surface area contributed by atoms with Crippen molar-refractivity contribution in [3.05, 3.63) is 48.0 Å². The molecule has 0 atom stereocenters. The molecule has 0 radical (unpaired) electrons. The highest BCUT2D eigenvalue weighted by molar-refractivity contribution is 6.39. The molecule has 0 saturated heterocycles. The molecular weight excluding hydrogens is 384 g/mol. The minimum atomic E-state index is -0.894. The van der Waals surface area contributed by atoms with E-state index in [-0.39, 0.29) is 12.4 Å². The maximum absolute atomic E-state index is 12.0. The second kappa shape index (κ2) is 10.8. The summed E-state index contributed by atoms with van der Waals surface area (Å²) in [5.41, 5.74) is 4.38. The highest BCUT2D eigenvalue weighted by Crippen LogP contribution is 2.28. The monoisotopic (exact) mass is 406 g/mol. The second-order valence-corrected chi connectivity index (χ2v) is 5.71. The maximum Gasteiger partial charge on any atom is 0.329 e. The van der Waals surface area contributed by atoms with Gasteiger partial charge >= 0.3 is 11.8 Å². The summed E-state index contributed by atoms with van der Waals surface area (Å²) in [7, 11) is 6.86. The van der Waals surface area contributed by atoms with Gasteiger partial charge in [-0.05, 0) is 29.8 Å². The number of ether oxygens (including phenoxy) is 2. The number of hydrogen-bond donors (Lipinski definition) is 2. The van der Waals surface area contributed by atoms with Crippen LogP contribution >= 0.6 is 12.4 Å². The van der Waals surface area contributed by atoms with Crippen molar-refractivity contribution in [1.82, 2.24) is 5.43 Å². The fourth-order valence-electron chi connectivity index (χ4n) is 2.16. The Kier molecular flexibility index (Phi) is 8.77. The number of rotatable bonds is 6. The molecule has 0 aliphatic heterocycles. The van der Waals surface area contributed by atoms with Gasteiger partial charge in [0.05, 0.1) is 26.1 Å². The molecule has 28 heavy (non-hydrogen) atoms. The first kappa shape index (κ1) is 22.8. The summed E-state index contributed by atoms with van der Waals surface area (Å²) < 4.78 is 10.3. The van der Waals surface area contributed by atoms with Crippen molar-refractivity contribution in [3.63, 3.8) is 0 Å². The smallest absolute Gasteiger partial charge is 0.329 e. The van der Waals surface area contributed by atoms with E-state index >= 15 is 0 Å². The Labute approximate surface area is 169 Å². The maximum atomic E-state index is 12.0. The fraction of sp³-hybridized carbons (Fsp3) is 0.211. The summed E-state index contributed by atoms with van der Waals surface area (Å²) in [5, 5.41) is 6.27. The van der Waals surface area contributed by atoms with Gasteiger partial charge in [0.25, 0.3) is 0 Å². The zero-order valence-corrected chi connectivity index (χ0v) is 16.9. The van der Waals surface area contributed by atoms with Crippen molar-refractivity contribution in [2.45, 2.75) is 0 Å². The zero-order valence-electron chi connectivity index (χ0n) is 16.1. The molecule has 9 heteroatoms. The van der Waals surface area contributed by atoms with Gasteiger partial charge < -0.3 is 19.7 Å². The van der Waals surface area contributed by atoms with Crippen LogP contribution in [-0.4, -0.2) is 46.3 Å². The second-order valence-electron chi connectivity index (χ2n) is 5.71. The first-order valence-electron chi connectivity index (χ1n) is 8.08. The van der Waals surface area contributed by atoms with E-state index in [1.165, 1.54) is 20.4 Å². The summed E-state index contributed by atoms with van der Waals surface area (Å²) in [6.07, 6.45) is 1.46. The molecule has 2 rings (SSSR count). The van der Waals surface area contributed by atoms with Gasteiger partial charge in [-0.15, -0.1) is 12.4 Å². The van der Waals surface area contributed by atoms with E-state index in [1.54, 1.807) is 18.2 Å². The molecule has 0 heterocycles. The van der Waals surface area contributed by atoms with Crippen molar-refractivity contribution in [3.8, 4) is 11.5 Å². The number of halogens is 1. The number of carbonyl (C=O) groups is 2. The molecule has 0 fully saturated rings. The van der Waals surface area contributed by atoms with E-state index in [2.05, 4.69) is 15.8 Å². The van der Waals surface area contributed by atoms with E-state index in [0.29, 0.717) is 17.2 Å². The highest BCUT2D eigenvalue weighted by Gasteiger charge is 2.15. The van der Waals surface area contributed by atoms with Gasteiger partial charge in [-0.2, -0.15) is 5.10 Å². The fourth-order valence-corrected chi connectivity index (χ4v) is 2.16. The van der Waals surface area contributed by atoms with Gasteiger partial charge in [0.2, 0.25) is 0 Å². The lowest BCUT2D eigenvalue weighted by Crippen LogP contribution is -2.32. The molecule has 0 bridgehead atoms. The number of benzene rings is 2. The molecule has 0 saturated carbocycles. The Hall–Kier alpha value is -3.26. The number of anilines is 2. The normalized spacial score (nSPS) is 10.0. The van der Waals surface area contributed by atoms with Crippen LogP contribution in [0.4, 0.5) is 11.4 Å². The lowest BCUT2D eigenvalue weighted by atomic mass is 10.2. The van der Waals surface area contributed by atoms with E-state index < -0.39 is 11.8 Å². The summed E-state index contributed by atoms with van der Waals surface area (Å²) >= 11 is 0. The van der Waals surface area contributed by atoms with Crippen LogP contribution in [0.3, 0.4) is 0 Å². The van der Waals surface area contributed by atoms with Crippen molar-refractivity contribution < 1.29 is 19.1 Å². The third-order valence-corrected chi connectivity index (χ3v) is 3.65. The van der Waals surface area contributed by atoms with Gasteiger partial charge in [-0.1, -0.05) is 12.1 Å². The molecule has 0 aromatic heterocycles. The summed E-state index contributed by atoms with van der Waals surface area (Å²) in [6.45, 7) is 0. The van der Waals surface area contributed by atoms with Crippen LogP contribution in [0.15, 0.2) is 47.6 Å². The van der Waals surface area contributed by atoms with Crippen LogP contribution < -0.4 is 25.1 Å². The number of amides is 2. The van der Waals surface area contributed by atoms with Crippen LogP contribution in [0.25, 0.3) is 0 Å². The molecule has 8 nitrogen and oxygen atoms in total. The number of nitrogens with zero attached hydrogens (tertiary/aromatic N) is 2. The number of hydrazone groups is 1. The van der Waals surface area contributed by atoms with Crippen LogP contribution in [-0.2, 0) is 9.59 Å². The SMILES string of the molecule is COc1ccc(NC(=O)C(=O)NN=Cc2ccc(N(C)C)cc2)c(OC)c1.Cl. The average Bonchev–Trinajstić information content (AvgIpc) is 2.68. The predicted octanol–water partition coefficient (Wildman–Crippen LogP) is 2.28. The molecule has 2 aromatic carbocycles. The number of nitrogens with one attached hydrogen (secondary N) is 2. The Morgan fingerprint density at radius 3 is 2.25 bits per heavy atom. The third kappa shape index (κ3) is 6.17. The molecule has 0 unspecified atom stereocenters. The number of hydrogen-bond acceptors (Lipinski definition) is 6. The first-order valence-corrected chi connectivity index (χ1v) is 8.08. The van der Waals surface area contributed by atoms with E-state index in [1.807, 2.05) is 43.3 Å². The Balaban J connectivity index is 0.00000392. The first-order chi connectivity index (χ1) is 12.9. The molecular formula is C19H23ClN4O4. The number of carbonyl (C=O) groups excluding carboxylic acids is 2. The summed E-state index contributed by atoms with van der Waals surface area (Å²) in [6, 6.07) is 12.4. The largest absolute Gasteiger partial charge is 0.497 e. The Morgan fingerprint density at radius 1 is 1.00 bits per heavy atom. The molecule has 2 aromatic rings. The number of methoxy groups -OCH3 is 2. The van der Waals surface area contributed by atoms with E-state index in [9.17, 15) is 9.59 Å². The zero-order chi connectivity index (χ0) is 19.8. The molecule has 0 spiro atoms. The van der Waals surface area contributed by atoms with Gasteiger partial charge in [0.1, 0.15) is 11.5 Å². The Morgan fingerprint density at radius 2 is 1.68 bits per heavy atom. The minimum absolute atomic E-state index is 0. The summed E-state index contributed by atoms with van der Waals surface area (Å²) in [5.74, 6) is -0.813. The molecule has 0 aliphatic carbocycles. The van der Waals surface area contributed by atoms with Crippen LogP contribution in [0.1, 0.15) is 5.56 Å². The molecule has 0 aliphatic rings.